The van der Waals surface area contributed by atoms with Crippen molar-refractivity contribution in [2.24, 2.45) is 13.0 Å². The highest BCUT2D eigenvalue weighted by molar-refractivity contribution is 5.92. The van der Waals surface area contributed by atoms with Crippen molar-refractivity contribution < 1.29 is 35.9 Å². The highest BCUT2D eigenvalue weighted by Gasteiger charge is 2.37. The van der Waals surface area contributed by atoms with Gasteiger partial charge in [-0.25, -0.2) is 4.79 Å². The minimum absolute atomic E-state index is 0.0149. The van der Waals surface area contributed by atoms with Gasteiger partial charge in [-0.1, -0.05) is 20.8 Å². The molecule has 0 bridgehead atoms. The molecule has 0 radical (unpaired) electrons. The Morgan fingerprint density at radius 2 is 1.57 bits per heavy atom. The Morgan fingerprint density at radius 1 is 1.00 bits per heavy atom. The third kappa shape index (κ3) is 8.43. The summed E-state index contributed by atoms with van der Waals surface area (Å²) in [4.78, 5) is 29.0. The second-order valence-electron chi connectivity index (χ2n) is 9.39. The SMILES string of the molecule is CCC(C)N(CC(=O)N(Cc1cccn1C)CC(C)C)C(=O)Nc1cc(C(F)(F)F)cc(C(F)(F)F)c1. The first-order valence-corrected chi connectivity index (χ1v) is 11.8. The van der Waals surface area contributed by atoms with Crippen molar-refractivity contribution in [3.8, 4) is 0 Å². The first kappa shape index (κ1) is 30.0. The number of benzene rings is 1. The van der Waals surface area contributed by atoms with Crippen LogP contribution in [-0.4, -0.2) is 45.4 Å². The molecule has 0 spiro atoms. The summed E-state index contributed by atoms with van der Waals surface area (Å²) in [5.41, 5.74) is -2.91. The molecule has 1 N–H and O–H groups in total. The van der Waals surface area contributed by atoms with Crippen LogP contribution in [0.1, 0.15) is 50.9 Å². The lowest BCUT2D eigenvalue weighted by atomic mass is 10.1. The van der Waals surface area contributed by atoms with E-state index < -0.39 is 53.7 Å². The topological polar surface area (TPSA) is 57.6 Å². The zero-order valence-electron chi connectivity index (χ0n) is 21.4. The van der Waals surface area contributed by atoms with E-state index in [4.69, 9.17) is 0 Å². The third-order valence-corrected chi connectivity index (χ3v) is 5.87. The predicted octanol–water partition coefficient (Wildman–Crippen LogP) is 6.38. The normalized spacial score (nSPS) is 13.0. The van der Waals surface area contributed by atoms with Crippen LogP contribution in [0.25, 0.3) is 0 Å². The van der Waals surface area contributed by atoms with Gasteiger partial charge in [-0.3, -0.25) is 4.79 Å². The van der Waals surface area contributed by atoms with Crippen LogP contribution in [-0.2, 0) is 30.7 Å². The quantitative estimate of drug-likeness (QED) is 0.380. The van der Waals surface area contributed by atoms with E-state index in [0.29, 0.717) is 25.1 Å². The molecule has 1 atom stereocenters. The van der Waals surface area contributed by atoms with Gasteiger partial charge in [0, 0.05) is 37.2 Å². The molecular weight excluding hydrogens is 502 g/mol. The van der Waals surface area contributed by atoms with Crippen LogP contribution >= 0.6 is 0 Å². The van der Waals surface area contributed by atoms with Gasteiger partial charge in [-0.05, 0) is 49.6 Å². The molecule has 37 heavy (non-hydrogen) atoms. The molecule has 0 saturated carbocycles. The van der Waals surface area contributed by atoms with Gasteiger partial charge < -0.3 is 19.7 Å². The third-order valence-electron chi connectivity index (χ3n) is 5.87. The zero-order valence-corrected chi connectivity index (χ0v) is 21.4. The van der Waals surface area contributed by atoms with Crippen LogP contribution in [0.15, 0.2) is 36.5 Å². The summed E-state index contributed by atoms with van der Waals surface area (Å²) in [6.45, 7) is 7.51. The Bertz CT molecular complexity index is 1050. The van der Waals surface area contributed by atoms with Gasteiger partial charge in [-0.15, -0.1) is 0 Å². The zero-order chi connectivity index (χ0) is 28.1. The molecule has 1 aromatic carbocycles. The van der Waals surface area contributed by atoms with Crippen LogP contribution in [0, 0.1) is 5.92 Å². The number of halogens is 6. The number of aromatic nitrogens is 1. The highest BCUT2D eigenvalue weighted by Crippen LogP contribution is 2.37. The maximum absolute atomic E-state index is 13.3. The van der Waals surface area contributed by atoms with Crippen molar-refractivity contribution in [1.82, 2.24) is 14.4 Å². The van der Waals surface area contributed by atoms with Crippen molar-refractivity contribution >= 4 is 17.6 Å². The highest BCUT2D eigenvalue weighted by atomic mass is 19.4. The monoisotopic (exact) mass is 534 g/mol. The molecule has 0 aliphatic heterocycles. The number of carbonyl (C=O) groups excluding carboxylic acids is 2. The average Bonchev–Trinajstić information content (AvgIpc) is 3.18. The molecule has 1 heterocycles. The number of carbonyl (C=O) groups is 2. The lowest BCUT2D eigenvalue weighted by molar-refractivity contribution is -0.143. The van der Waals surface area contributed by atoms with E-state index in [2.05, 4.69) is 5.32 Å². The number of aryl methyl sites for hydroxylation is 1. The summed E-state index contributed by atoms with van der Waals surface area (Å²) >= 11 is 0. The van der Waals surface area contributed by atoms with Gasteiger partial charge in [0.05, 0.1) is 17.7 Å². The van der Waals surface area contributed by atoms with Crippen LogP contribution in [0.5, 0.6) is 0 Å². The predicted molar refractivity (Wildman–Crippen MR) is 128 cm³/mol. The Morgan fingerprint density at radius 3 is 2.00 bits per heavy atom. The number of hydrogen-bond acceptors (Lipinski definition) is 2. The lowest BCUT2D eigenvalue weighted by Gasteiger charge is -2.32. The molecular formula is C25H32F6N4O2. The number of alkyl halides is 6. The van der Waals surface area contributed by atoms with Gasteiger partial charge in [0.1, 0.15) is 6.54 Å². The number of nitrogens with zero attached hydrogens (tertiary/aromatic N) is 3. The second kappa shape index (κ2) is 11.9. The van der Waals surface area contributed by atoms with Crippen molar-refractivity contribution in [3.63, 3.8) is 0 Å². The fourth-order valence-electron chi connectivity index (χ4n) is 3.67. The maximum atomic E-state index is 13.3. The number of urea groups is 1. The minimum Gasteiger partial charge on any atom is -0.353 e. The van der Waals surface area contributed by atoms with Crippen molar-refractivity contribution in [1.29, 1.82) is 0 Å². The molecule has 0 aliphatic rings. The van der Waals surface area contributed by atoms with Gasteiger partial charge in [0.15, 0.2) is 0 Å². The lowest BCUT2D eigenvalue weighted by Crippen LogP contribution is -2.48. The molecule has 2 rings (SSSR count). The Balaban J connectivity index is 2.33. The van der Waals surface area contributed by atoms with E-state index in [9.17, 15) is 35.9 Å². The molecule has 0 aliphatic carbocycles. The molecule has 1 unspecified atom stereocenters. The summed E-state index contributed by atoms with van der Waals surface area (Å²) < 4.78 is 81.2. The van der Waals surface area contributed by atoms with Gasteiger partial charge in [0.2, 0.25) is 5.91 Å². The van der Waals surface area contributed by atoms with Crippen molar-refractivity contribution in [2.45, 2.75) is 59.1 Å². The van der Waals surface area contributed by atoms with Crippen molar-refractivity contribution in [2.75, 3.05) is 18.4 Å². The van der Waals surface area contributed by atoms with E-state index in [-0.39, 0.29) is 18.5 Å². The van der Waals surface area contributed by atoms with E-state index in [1.54, 1.807) is 18.7 Å². The smallest absolute Gasteiger partial charge is 0.353 e. The molecule has 2 aromatic rings. The van der Waals surface area contributed by atoms with Crippen molar-refractivity contribution in [3.05, 3.63) is 53.3 Å². The number of anilines is 1. The van der Waals surface area contributed by atoms with Gasteiger partial charge in [0.25, 0.3) is 0 Å². The molecule has 206 valence electrons. The fraction of sp³-hybridized carbons (Fsp3) is 0.520. The summed E-state index contributed by atoms with van der Waals surface area (Å²) in [5, 5.41) is 2.13. The standard InChI is InChI=1S/C25H32F6N4O2/c1-6-17(4)35(15-22(36)34(13-16(2)3)14-21-8-7-9-33(21)5)23(37)32-20-11-18(24(26,27)28)10-19(12-20)25(29,30)31/h7-12,16-17H,6,13-15H2,1-5H3,(H,32,37). The van der Waals surface area contributed by atoms with Gasteiger partial charge >= 0.3 is 18.4 Å². The largest absolute Gasteiger partial charge is 0.416 e. The average molecular weight is 535 g/mol. The van der Waals surface area contributed by atoms with E-state index in [1.165, 1.54) is 0 Å². The number of nitrogens with one attached hydrogen (secondary N) is 1. The first-order valence-electron chi connectivity index (χ1n) is 11.8. The Labute approximate surface area is 212 Å². The first-order chi connectivity index (χ1) is 17.0. The summed E-state index contributed by atoms with van der Waals surface area (Å²) in [6.07, 6.45) is -7.88. The fourth-order valence-corrected chi connectivity index (χ4v) is 3.67. The molecule has 12 heteroatoms. The molecule has 1 aromatic heterocycles. The van der Waals surface area contributed by atoms with E-state index in [1.807, 2.05) is 43.8 Å². The second-order valence-corrected chi connectivity index (χ2v) is 9.39. The van der Waals surface area contributed by atoms with Crippen LogP contribution in [0.4, 0.5) is 36.8 Å². The molecule has 0 saturated heterocycles. The van der Waals surface area contributed by atoms with Crippen LogP contribution in [0.3, 0.4) is 0 Å². The maximum Gasteiger partial charge on any atom is 0.416 e. The Kier molecular flexibility index (Phi) is 9.67. The Hall–Kier alpha value is -3.18. The molecule has 0 fully saturated rings. The number of rotatable bonds is 9. The molecule has 6 nitrogen and oxygen atoms in total. The minimum atomic E-state index is -5.05. The van der Waals surface area contributed by atoms with Gasteiger partial charge in [-0.2, -0.15) is 26.3 Å². The summed E-state index contributed by atoms with van der Waals surface area (Å²) in [6, 6.07) is 3.04. The summed E-state index contributed by atoms with van der Waals surface area (Å²) in [5.74, 6) is -0.286. The molecule has 3 amide bonds. The summed E-state index contributed by atoms with van der Waals surface area (Å²) in [7, 11) is 1.83. The number of hydrogen-bond donors (Lipinski definition) is 1. The van der Waals surface area contributed by atoms with E-state index >= 15 is 0 Å². The van der Waals surface area contributed by atoms with Crippen LogP contribution in [0.2, 0.25) is 0 Å². The van der Waals surface area contributed by atoms with E-state index in [0.717, 1.165) is 10.6 Å². The van der Waals surface area contributed by atoms with Crippen LogP contribution < -0.4 is 5.32 Å². The number of amides is 3.